The molecule has 0 bridgehead atoms. The minimum Gasteiger partial charge on any atom is -0.497 e. The van der Waals surface area contributed by atoms with Gasteiger partial charge in [-0.2, -0.15) is 4.98 Å². The van der Waals surface area contributed by atoms with Gasteiger partial charge in [0, 0.05) is 13.6 Å². The molecule has 0 fully saturated rings. The Hall–Kier alpha value is -3.68. The van der Waals surface area contributed by atoms with Crippen LogP contribution in [0.3, 0.4) is 0 Å². The maximum atomic E-state index is 11.7. The molecule has 1 aromatic heterocycles. The third-order valence-electron chi connectivity index (χ3n) is 3.85. The first-order chi connectivity index (χ1) is 13.1. The van der Waals surface area contributed by atoms with Crippen molar-refractivity contribution in [2.24, 2.45) is 0 Å². The fourth-order valence-electron chi connectivity index (χ4n) is 2.56. The highest BCUT2D eigenvalue weighted by molar-refractivity contribution is 5.63. The average molecular weight is 366 g/mol. The Morgan fingerprint density at radius 3 is 2.33 bits per heavy atom. The maximum absolute atomic E-state index is 11.7. The fourth-order valence-corrected chi connectivity index (χ4v) is 2.56. The molecule has 0 aliphatic rings. The molecule has 8 heteroatoms. The maximum Gasteiger partial charge on any atom is 0.373 e. The number of rotatable bonds is 7. The minimum absolute atomic E-state index is 0.116. The second-order valence-corrected chi connectivity index (χ2v) is 5.73. The van der Waals surface area contributed by atoms with E-state index in [-0.39, 0.29) is 17.4 Å². The van der Waals surface area contributed by atoms with Crippen molar-refractivity contribution in [1.82, 2.24) is 9.97 Å². The molecule has 0 spiro atoms. The largest absolute Gasteiger partial charge is 0.497 e. The Kier molecular flexibility index (Phi) is 5.46. The van der Waals surface area contributed by atoms with Gasteiger partial charge in [-0.1, -0.05) is 30.3 Å². The quantitative estimate of drug-likeness (QED) is 0.464. The number of benzene rings is 2. The molecule has 0 aliphatic carbocycles. The number of nitrogens with zero attached hydrogens (tertiary/aromatic N) is 4. The molecule has 27 heavy (non-hydrogen) atoms. The van der Waals surface area contributed by atoms with Gasteiger partial charge in [-0.3, -0.25) is 10.1 Å². The van der Waals surface area contributed by atoms with Gasteiger partial charge in [-0.05, 0) is 29.8 Å². The molecule has 8 nitrogen and oxygen atoms in total. The summed E-state index contributed by atoms with van der Waals surface area (Å²) in [5.74, 6) is 1.13. The summed E-state index contributed by atoms with van der Waals surface area (Å²) in [6, 6.07) is 16.3. The first kappa shape index (κ1) is 18.1. The van der Waals surface area contributed by atoms with Crippen LogP contribution in [0.15, 0.2) is 60.9 Å². The first-order valence-electron chi connectivity index (χ1n) is 8.15. The van der Waals surface area contributed by atoms with Gasteiger partial charge in [0.05, 0.1) is 12.0 Å². The van der Waals surface area contributed by atoms with E-state index in [0.717, 1.165) is 5.56 Å². The molecule has 138 valence electrons. The van der Waals surface area contributed by atoms with Gasteiger partial charge < -0.3 is 14.4 Å². The third kappa shape index (κ3) is 4.30. The Labute approximate surface area is 156 Å². The van der Waals surface area contributed by atoms with Gasteiger partial charge in [0.25, 0.3) is 0 Å². The van der Waals surface area contributed by atoms with Gasteiger partial charge in [-0.25, -0.2) is 4.98 Å². The van der Waals surface area contributed by atoms with E-state index in [2.05, 4.69) is 9.97 Å². The van der Waals surface area contributed by atoms with Gasteiger partial charge in [-0.15, -0.1) is 0 Å². The number of anilines is 1. The van der Waals surface area contributed by atoms with Crippen molar-refractivity contribution >= 4 is 11.5 Å². The number of hydrogen-bond donors (Lipinski definition) is 0. The van der Waals surface area contributed by atoms with Crippen LogP contribution in [0.4, 0.5) is 11.5 Å². The molecule has 0 radical (unpaired) electrons. The zero-order chi connectivity index (χ0) is 19.2. The zero-order valence-electron chi connectivity index (χ0n) is 14.9. The number of ether oxygens (including phenoxy) is 2. The lowest BCUT2D eigenvalue weighted by Crippen LogP contribution is -2.19. The number of aromatic nitrogens is 2. The van der Waals surface area contributed by atoms with Crippen molar-refractivity contribution in [1.29, 1.82) is 0 Å². The molecule has 3 aromatic rings. The van der Waals surface area contributed by atoms with Crippen molar-refractivity contribution in [3.63, 3.8) is 0 Å². The van der Waals surface area contributed by atoms with Crippen LogP contribution in [0.1, 0.15) is 5.56 Å². The van der Waals surface area contributed by atoms with Crippen molar-refractivity contribution in [3.05, 3.63) is 76.6 Å². The Morgan fingerprint density at radius 1 is 1.04 bits per heavy atom. The summed E-state index contributed by atoms with van der Waals surface area (Å²) >= 11 is 0. The molecule has 3 rings (SSSR count). The summed E-state index contributed by atoms with van der Waals surface area (Å²) in [5.41, 5.74) is 0.720. The van der Waals surface area contributed by atoms with Gasteiger partial charge in [0.1, 0.15) is 17.8 Å². The Bertz CT molecular complexity index is 917. The van der Waals surface area contributed by atoms with Crippen LogP contribution >= 0.6 is 0 Å². The molecular formula is C19H18N4O4. The summed E-state index contributed by atoms with van der Waals surface area (Å²) in [7, 11) is 3.29. The summed E-state index contributed by atoms with van der Waals surface area (Å²) in [4.78, 5) is 20.9. The Morgan fingerprint density at radius 2 is 1.70 bits per heavy atom. The van der Waals surface area contributed by atoms with Crippen LogP contribution in [0.2, 0.25) is 0 Å². The highest BCUT2D eigenvalue weighted by atomic mass is 16.6. The third-order valence-corrected chi connectivity index (χ3v) is 3.85. The van der Waals surface area contributed by atoms with E-state index in [1.54, 1.807) is 43.3 Å². The van der Waals surface area contributed by atoms with Crippen LogP contribution in [0, 0.1) is 10.1 Å². The summed E-state index contributed by atoms with van der Waals surface area (Å²) in [6.07, 6.45) is 1.25. The average Bonchev–Trinajstić information content (AvgIpc) is 2.69. The molecule has 0 unspecified atom stereocenters. The molecule has 1 heterocycles. The molecule has 0 aliphatic heterocycles. The van der Waals surface area contributed by atoms with Crippen molar-refractivity contribution in [2.75, 3.05) is 19.1 Å². The van der Waals surface area contributed by atoms with Crippen LogP contribution < -0.4 is 14.4 Å². The Balaban J connectivity index is 1.90. The van der Waals surface area contributed by atoms with E-state index in [4.69, 9.17) is 9.47 Å². The van der Waals surface area contributed by atoms with E-state index >= 15 is 0 Å². The predicted molar refractivity (Wildman–Crippen MR) is 100 cm³/mol. The van der Waals surface area contributed by atoms with Crippen LogP contribution in [-0.2, 0) is 6.54 Å². The number of nitro groups is 1. The molecular weight excluding hydrogens is 348 g/mol. The fraction of sp³-hybridized carbons (Fsp3) is 0.158. The first-order valence-corrected chi connectivity index (χ1v) is 8.15. The monoisotopic (exact) mass is 366 g/mol. The molecule has 2 aromatic carbocycles. The molecule has 0 amide bonds. The molecule has 0 saturated carbocycles. The van der Waals surface area contributed by atoms with E-state index in [0.29, 0.717) is 18.0 Å². The predicted octanol–water partition coefficient (Wildman–Crippen LogP) is 3.82. The summed E-state index contributed by atoms with van der Waals surface area (Å²) in [5, 5.41) is 11.7. The van der Waals surface area contributed by atoms with Crippen LogP contribution in [0.25, 0.3) is 0 Å². The highest BCUT2D eigenvalue weighted by Crippen LogP contribution is 2.36. The SMILES string of the molecule is COc1ccc(Oc2ncnc(N(C)Cc3ccccc3)c2[N+](=O)[O-])cc1. The molecule has 0 saturated heterocycles. The second-order valence-electron chi connectivity index (χ2n) is 5.73. The second kappa shape index (κ2) is 8.13. The van der Waals surface area contributed by atoms with Gasteiger partial charge in [0.15, 0.2) is 0 Å². The van der Waals surface area contributed by atoms with Crippen molar-refractivity contribution < 1.29 is 14.4 Å². The summed E-state index contributed by atoms with van der Waals surface area (Å²) in [6.45, 7) is 0.459. The lowest BCUT2D eigenvalue weighted by Gasteiger charge is -2.18. The zero-order valence-corrected chi connectivity index (χ0v) is 14.9. The lowest BCUT2D eigenvalue weighted by atomic mass is 10.2. The summed E-state index contributed by atoms with van der Waals surface area (Å²) < 4.78 is 10.7. The van der Waals surface area contributed by atoms with E-state index < -0.39 is 4.92 Å². The topological polar surface area (TPSA) is 90.6 Å². The lowest BCUT2D eigenvalue weighted by molar-refractivity contribution is -0.385. The van der Waals surface area contributed by atoms with E-state index in [1.807, 2.05) is 30.3 Å². The van der Waals surface area contributed by atoms with Crippen LogP contribution in [0.5, 0.6) is 17.4 Å². The van der Waals surface area contributed by atoms with E-state index in [9.17, 15) is 10.1 Å². The molecule has 0 N–H and O–H groups in total. The van der Waals surface area contributed by atoms with E-state index in [1.165, 1.54) is 6.33 Å². The number of methoxy groups -OCH3 is 1. The minimum atomic E-state index is -0.532. The van der Waals surface area contributed by atoms with Crippen molar-refractivity contribution in [3.8, 4) is 17.4 Å². The smallest absolute Gasteiger partial charge is 0.373 e. The number of hydrogen-bond acceptors (Lipinski definition) is 7. The highest BCUT2D eigenvalue weighted by Gasteiger charge is 2.27. The van der Waals surface area contributed by atoms with Gasteiger partial charge in [0.2, 0.25) is 5.82 Å². The standard InChI is InChI=1S/C19H18N4O4/c1-22(12-14-6-4-3-5-7-14)18-17(23(24)25)19(21-13-20-18)27-16-10-8-15(26-2)9-11-16/h3-11,13H,12H2,1-2H3. The molecule has 0 atom stereocenters. The normalized spacial score (nSPS) is 10.3. The van der Waals surface area contributed by atoms with Crippen molar-refractivity contribution in [2.45, 2.75) is 6.54 Å². The van der Waals surface area contributed by atoms with Gasteiger partial charge >= 0.3 is 11.6 Å². The van der Waals surface area contributed by atoms with Crippen LogP contribution in [-0.4, -0.2) is 29.0 Å².